The van der Waals surface area contributed by atoms with Crippen LogP contribution in [-0.2, 0) is 0 Å². The number of quaternary nitrogens is 1. The normalized spacial score (nSPS) is 41.9. The zero-order valence-electron chi connectivity index (χ0n) is 5.86. The third kappa shape index (κ3) is 1.12. The van der Waals surface area contributed by atoms with Gasteiger partial charge in [-0.05, 0) is 0 Å². The Bertz CT molecular complexity index is 249. The lowest BCUT2D eigenvalue weighted by atomic mass is 10.1. The Morgan fingerprint density at radius 1 is 1.23 bits per heavy atom. The lowest BCUT2D eigenvalue weighted by Gasteiger charge is -2.39. The Morgan fingerprint density at radius 3 is 2.08 bits per heavy atom. The molecule has 0 aliphatic carbocycles. The molecule has 1 aliphatic heterocycles. The zero-order chi connectivity index (χ0) is 10.5. The van der Waals surface area contributed by atoms with Gasteiger partial charge in [0.15, 0.2) is 0 Å². The van der Waals surface area contributed by atoms with Crippen molar-refractivity contribution in [1.82, 2.24) is 0 Å². The van der Waals surface area contributed by atoms with Gasteiger partial charge in [-0.1, -0.05) is 4.87 Å². The summed E-state index contributed by atoms with van der Waals surface area (Å²) in [6, 6.07) is -5.64. The van der Waals surface area contributed by atoms with E-state index in [0.29, 0.717) is 0 Å². The van der Waals surface area contributed by atoms with Crippen molar-refractivity contribution in [1.29, 1.82) is 0 Å². The van der Waals surface area contributed by atoms with Crippen LogP contribution < -0.4 is 0 Å². The number of allylic oxidation sites excluding steroid dienone is 1. The SMILES string of the molecule is [O-][N+]1(F)C=CC(F)C(F)(F)C1(F)F. The first kappa shape index (κ1) is 10.3. The van der Waals surface area contributed by atoms with Crippen LogP contribution in [0.15, 0.2) is 12.3 Å². The molecule has 8 heteroatoms. The van der Waals surface area contributed by atoms with Gasteiger partial charge >= 0.3 is 12.0 Å². The molecule has 0 amide bonds. The zero-order valence-corrected chi connectivity index (χ0v) is 5.86. The fourth-order valence-electron chi connectivity index (χ4n) is 0.770. The molecule has 0 aromatic carbocycles. The van der Waals surface area contributed by atoms with E-state index in [1.54, 1.807) is 0 Å². The maximum absolute atomic E-state index is 12.3. The Balaban J connectivity index is 3.22. The van der Waals surface area contributed by atoms with Crippen molar-refractivity contribution >= 4 is 0 Å². The van der Waals surface area contributed by atoms with Crippen molar-refractivity contribution < 1.29 is 31.3 Å². The third-order valence-electron chi connectivity index (χ3n) is 1.58. The summed E-state index contributed by atoms with van der Waals surface area (Å²) in [5.74, 6) is -5.34. The Labute approximate surface area is 68.2 Å². The fourth-order valence-corrected chi connectivity index (χ4v) is 0.770. The third-order valence-corrected chi connectivity index (χ3v) is 1.58. The molecule has 0 N–H and O–H groups in total. The fraction of sp³-hybridized carbons (Fsp3) is 0.600. The average Bonchev–Trinajstić information content (AvgIpc) is 1.97. The standard InChI is InChI=1S/C5H3F6NO/c6-3-1-2-12(11,13)5(9,10)4(3,7)8/h1-3H. The number of halogens is 6. The molecule has 0 spiro atoms. The molecule has 0 aromatic rings. The summed E-state index contributed by atoms with van der Waals surface area (Å²) in [5.41, 5.74) is 0. The van der Waals surface area contributed by atoms with E-state index < -0.39 is 29.2 Å². The number of hydrogen-bond acceptors (Lipinski definition) is 1. The average molecular weight is 207 g/mol. The summed E-state index contributed by atoms with van der Waals surface area (Å²) in [5, 5.41) is 10.1. The summed E-state index contributed by atoms with van der Waals surface area (Å²) in [6.07, 6.45) is -4.09. The van der Waals surface area contributed by atoms with Crippen molar-refractivity contribution in [2.24, 2.45) is 0 Å². The first-order chi connectivity index (χ1) is 5.63. The summed E-state index contributed by atoms with van der Waals surface area (Å²) in [7, 11) is 0. The molecule has 0 radical (unpaired) electrons. The molecule has 1 aliphatic rings. The molecule has 0 aromatic heterocycles. The Kier molecular flexibility index (Phi) is 1.89. The second-order valence-electron chi connectivity index (χ2n) is 2.48. The minimum atomic E-state index is -5.64. The number of hydrogen-bond donors (Lipinski definition) is 0. The number of nitrogens with zero attached hydrogens (tertiary/aromatic N) is 1. The van der Waals surface area contributed by atoms with Crippen molar-refractivity contribution in [2.75, 3.05) is 0 Å². The molecule has 2 nitrogen and oxygen atoms in total. The summed E-state index contributed by atoms with van der Waals surface area (Å²) in [6.45, 7) is 0. The molecule has 76 valence electrons. The van der Waals surface area contributed by atoms with E-state index in [1.807, 2.05) is 0 Å². The van der Waals surface area contributed by atoms with Gasteiger partial charge in [0.1, 0.15) is 6.20 Å². The highest BCUT2D eigenvalue weighted by Gasteiger charge is 2.75. The van der Waals surface area contributed by atoms with Crippen LogP contribution in [0.1, 0.15) is 0 Å². The van der Waals surface area contributed by atoms with E-state index in [-0.39, 0.29) is 6.08 Å². The minimum Gasteiger partial charge on any atom is -0.583 e. The van der Waals surface area contributed by atoms with E-state index >= 15 is 0 Å². The topological polar surface area (TPSA) is 23.1 Å². The molecule has 0 saturated heterocycles. The van der Waals surface area contributed by atoms with Crippen molar-refractivity contribution in [3.05, 3.63) is 17.5 Å². The van der Waals surface area contributed by atoms with Gasteiger partial charge in [-0.25, -0.2) is 4.39 Å². The quantitative estimate of drug-likeness (QED) is 0.258. The maximum Gasteiger partial charge on any atom is 0.499 e. The van der Waals surface area contributed by atoms with Crippen molar-refractivity contribution in [3.63, 3.8) is 0 Å². The number of hydroxylamine groups is 2. The maximum atomic E-state index is 12.3. The second kappa shape index (κ2) is 2.38. The van der Waals surface area contributed by atoms with E-state index in [0.717, 1.165) is 0 Å². The van der Waals surface area contributed by atoms with Gasteiger partial charge in [-0.15, -0.1) is 8.78 Å². The smallest absolute Gasteiger partial charge is 0.499 e. The largest absolute Gasteiger partial charge is 0.583 e. The Morgan fingerprint density at radius 2 is 1.69 bits per heavy atom. The van der Waals surface area contributed by atoms with Crippen LogP contribution in [0, 0.1) is 5.21 Å². The molecule has 0 bridgehead atoms. The van der Waals surface area contributed by atoms with Crippen LogP contribution in [0.5, 0.6) is 0 Å². The van der Waals surface area contributed by atoms with E-state index in [1.165, 1.54) is 0 Å². The van der Waals surface area contributed by atoms with Crippen LogP contribution >= 0.6 is 0 Å². The van der Waals surface area contributed by atoms with Gasteiger partial charge < -0.3 is 5.21 Å². The van der Waals surface area contributed by atoms with Crippen molar-refractivity contribution in [3.8, 4) is 0 Å². The number of alkyl halides is 5. The molecule has 0 saturated carbocycles. The molecule has 2 atom stereocenters. The molecule has 13 heavy (non-hydrogen) atoms. The summed E-state index contributed by atoms with van der Waals surface area (Å²) >= 11 is 0. The van der Waals surface area contributed by atoms with Gasteiger partial charge in [-0.2, -0.15) is 8.78 Å². The highest BCUT2D eigenvalue weighted by atomic mass is 19.3. The van der Waals surface area contributed by atoms with Crippen molar-refractivity contribution in [2.45, 2.75) is 18.1 Å². The van der Waals surface area contributed by atoms with Crippen LogP contribution in [0.4, 0.5) is 26.4 Å². The predicted molar refractivity (Wildman–Crippen MR) is 28.7 cm³/mol. The highest BCUT2D eigenvalue weighted by Crippen LogP contribution is 2.48. The van der Waals surface area contributed by atoms with Crippen LogP contribution in [0.2, 0.25) is 0 Å². The molecular formula is C5H3F6NO. The van der Waals surface area contributed by atoms with Gasteiger partial charge in [0.25, 0.3) is 0 Å². The lowest BCUT2D eigenvalue weighted by Crippen LogP contribution is -2.63. The molecule has 1 heterocycles. The van der Waals surface area contributed by atoms with Crippen LogP contribution in [-0.4, -0.2) is 23.0 Å². The summed E-state index contributed by atoms with van der Waals surface area (Å²) in [4.78, 5) is -4.10. The predicted octanol–water partition coefficient (Wildman–Crippen LogP) is 2.28. The first-order valence-corrected chi connectivity index (χ1v) is 3.01. The monoisotopic (exact) mass is 207 g/mol. The van der Waals surface area contributed by atoms with E-state index in [4.69, 9.17) is 0 Å². The number of rotatable bonds is 0. The molecular weight excluding hydrogens is 204 g/mol. The van der Waals surface area contributed by atoms with E-state index in [2.05, 4.69) is 0 Å². The van der Waals surface area contributed by atoms with E-state index in [9.17, 15) is 31.6 Å². The first-order valence-electron chi connectivity index (χ1n) is 3.01. The minimum absolute atomic E-state index is 0.232. The van der Waals surface area contributed by atoms with Crippen LogP contribution in [0.3, 0.4) is 0 Å². The molecule has 1 rings (SSSR count). The molecule has 0 fully saturated rings. The van der Waals surface area contributed by atoms with Gasteiger partial charge in [0, 0.05) is 10.6 Å². The lowest BCUT2D eigenvalue weighted by molar-refractivity contribution is -1.06. The van der Waals surface area contributed by atoms with Gasteiger partial charge in [-0.3, -0.25) is 0 Å². The highest BCUT2D eigenvalue weighted by molar-refractivity contribution is 5.02. The molecule has 2 unspecified atom stereocenters. The van der Waals surface area contributed by atoms with Crippen LogP contribution in [0.25, 0.3) is 0 Å². The van der Waals surface area contributed by atoms with Gasteiger partial charge in [0.2, 0.25) is 6.17 Å². The van der Waals surface area contributed by atoms with Gasteiger partial charge in [0.05, 0.1) is 0 Å². The summed E-state index contributed by atoms with van der Waals surface area (Å²) < 4.78 is 73.4. The second-order valence-corrected chi connectivity index (χ2v) is 2.48. The Hall–Kier alpha value is -0.760.